The highest BCUT2D eigenvalue weighted by Gasteiger charge is 2.30. The molecule has 21 heavy (non-hydrogen) atoms. The van der Waals surface area contributed by atoms with Crippen LogP contribution in [0.5, 0.6) is 0 Å². The van der Waals surface area contributed by atoms with E-state index in [4.69, 9.17) is 4.98 Å². The van der Waals surface area contributed by atoms with Crippen molar-refractivity contribution in [3.05, 3.63) is 34.6 Å². The molecule has 0 bridgehead atoms. The molecule has 3 rings (SSSR count). The molecular formula is C17H22N2OS. The van der Waals surface area contributed by atoms with Crippen LogP contribution in [0.2, 0.25) is 0 Å². The summed E-state index contributed by atoms with van der Waals surface area (Å²) in [7, 11) is 0. The van der Waals surface area contributed by atoms with Crippen LogP contribution in [0.4, 0.5) is 0 Å². The van der Waals surface area contributed by atoms with E-state index < -0.39 is 0 Å². The van der Waals surface area contributed by atoms with Crippen molar-refractivity contribution >= 4 is 22.7 Å². The zero-order chi connectivity index (χ0) is 15.0. The van der Waals surface area contributed by atoms with Crippen LogP contribution in [-0.2, 0) is 0 Å². The van der Waals surface area contributed by atoms with Crippen molar-refractivity contribution in [2.45, 2.75) is 44.3 Å². The first kappa shape index (κ1) is 14.6. The molecule has 1 fully saturated rings. The Labute approximate surface area is 129 Å². The number of thioether (sulfide) groups is 1. The van der Waals surface area contributed by atoms with Crippen LogP contribution < -0.4 is 5.56 Å². The van der Waals surface area contributed by atoms with E-state index in [1.165, 1.54) is 12.8 Å². The van der Waals surface area contributed by atoms with Gasteiger partial charge in [0.05, 0.1) is 10.9 Å². The third-order valence-corrected chi connectivity index (χ3v) is 5.61. The molecule has 2 aromatic rings. The van der Waals surface area contributed by atoms with Crippen LogP contribution in [0.15, 0.2) is 34.2 Å². The molecule has 3 nitrogen and oxygen atoms in total. The number of benzene rings is 1. The van der Waals surface area contributed by atoms with Crippen LogP contribution in [0, 0.1) is 11.8 Å². The van der Waals surface area contributed by atoms with Crippen LogP contribution >= 0.6 is 11.8 Å². The molecule has 0 spiro atoms. The monoisotopic (exact) mass is 302 g/mol. The first-order valence-corrected chi connectivity index (χ1v) is 8.91. The fraction of sp³-hybridized carbons (Fsp3) is 0.529. The Balaban J connectivity index is 2.21. The Kier molecular flexibility index (Phi) is 4.07. The number of nitrogens with zero attached hydrogens (tertiary/aromatic N) is 2. The molecule has 1 aromatic heterocycles. The molecule has 1 saturated carbocycles. The molecule has 1 aromatic carbocycles. The van der Waals surface area contributed by atoms with Crippen LogP contribution in [-0.4, -0.2) is 15.8 Å². The molecule has 4 heteroatoms. The quantitative estimate of drug-likeness (QED) is 0.618. The van der Waals surface area contributed by atoms with Crippen molar-refractivity contribution in [2.24, 2.45) is 11.8 Å². The molecule has 1 aliphatic carbocycles. The highest BCUT2D eigenvalue weighted by molar-refractivity contribution is 7.98. The molecule has 0 aliphatic heterocycles. The third kappa shape index (κ3) is 2.50. The number of fused-ring (bicyclic) bond motifs is 1. The van der Waals surface area contributed by atoms with Crippen molar-refractivity contribution in [3.63, 3.8) is 0 Å². The third-order valence-electron chi connectivity index (χ3n) is 4.95. The van der Waals surface area contributed by atoms with Gasteiger partial charge in [-0.2, -0.15) is 0 Å². The van der Waals surface area contributed by atoms with E-state index >= 15 is 0 Å². The van der Waals surface area contributed by atoms with E-state index in [-0.39, 0.29) is 11.6 Å². The summed E-state index contributed by atoms with van der Waals surface area (Å²) in [6.45, 7) is 4.58. The number of aromatic nitrogens is 2. The van der Waals surface area contributed by atoms with Crippen LogP contribution in [0.1, 0.15) is 39.2 Å². The SMILES string of the molecule is CSc1nc2ccccc2c(=O)n1C1CCCC(C)C1C. The highest BCUT2D eigenvalue weighted by atomic mass is 32.2. The van der Waals surface area contributed by atoms with Gasteiger partial charge in [0, 0.05) is 6.04 Å². The summed E-state index contributed by atoms with van der Waals surface area (Å²) in [6, 6.07) is 7.95. The second kappa shape index (κ2) is 5.84. The minimum atomic E-state index is 0.121. The second-order valence-corrected chi connectivity index (χ2v) is 6.90. The van der Waals surface area contributed by atoms with Gasteiger partial charge in [-0.1, -0.05) is 50.6 Å². The topological polar surface area (TPSA) is 34.9 Å². The van der Waals surface area contributed by atoms with E-state index in [9.17, 15) is 4.79 Å². The minimum Gasteiger partial charge on any atom is -0.284 e. The van der Waals surface area contributed by atoms with Gasteiger partial charge in [-0.3, -0.25) is 9.36 Å². The summed E-state index contributed by atoms with van der Waals surface area (Å²) in [5.74, 6) is 1.18. The lowest BCUT2D eigenvalue weighted by Gasteiger charge is -2.36. The Bertz CT molecular complexity index is 709. The van der Waals surface area contributed by atoms with Crippen molar-refractivity contribution in [1.29, 1.82) is 0 Å². The van der Waals surface area contributed by atoms with Crippen molar-refractivity contribution in [1.82, 2.24) is 9.55 Å². The molecular weight excluding hydrogens is 280 g/mol. The average Bonchev–Trinajstić information content (AvgIpc) is 2.50. The summed E-state index contributed by atoms with van der Waals surface area (Å²) >= 11 is 1.57. The molecule has 0 saturated heterocycles. The summed E-state index contributed by atoms with van der Waals surface area (Å²) in [4.78, 5) is 17.7. The zero-order valence-electron chi connectivity index (χ0n) is 12.9. The predicted molar refractivity (Wildman–Crippen MR) is 89.0 cm³/mol. The van der Waals surface area contributed by atoms with Gasteiger partial charge < -0.3 is 0 Å². The normalized spacial score (nSPS) is 26.1. The smallest absolute Gasteiger partial charge is 0.262 e. The van der Waals surface area contributed by atoms with Gasteiger partial charge in [-0.15, -0.1) is 0 Å². The maximum Gasteiger partial charge on any atom is 0.262 e. The van der Waals surface area contributed by atoms with Crippen LogP contribution in [0.25, 0.3) is 10.9 Å². The molecule has 112 valence electrons. The molecule has 0 radical (unpaired) electrons. The van der Waals surface area contributed by atoms with Gasteiger partial charge in [-0.25, -0.2) is 4.98 Å². The van der Waals surface area contributed by atoms with Gasteiger partial charge in [0.2, 0.25) is 0 Å². The molecule has 1 aliphatic rings. The molecule has 3 atom stereocenters. The minimum absolute atomic E-state index is 0.121. The largest absolute Gasteiger partial charge is 0.284 e. The van der Waals surface area contributed by atoms with E-state index in [1.54, 1.807) is 11.8 Å². The summed E-state index contributed by atoms with van der Waals surface area (Å²) in [5.41, 5.74) is 0.926. The molecule has 1 heterocycles. The lowest BCUT2D eigenvalue weighted by atomic mass is 9.78. The molecule has 0 amide bonds. The fourth-order valence-corrected chi connectivity index (χ4v) is 4.08. The van der Waals surface area contributed by atoms with E-state index in [2.05, 4.69) is 13.8 Å². The van der Waals surface area contributed by atoms with E-state index in [0.29, 0.717) is 11.8 Å². The summed E-state index contributed by atoms with van der Waals surface area (Å²) in [5, 5.41) is 1.59. The first-order chi connectivity index (χ1) is 10.1. The Hall–Kier alpha value is -1.29. The Morgan fingerprint density at radius 3 is 2.76 bits per heavy atom. The summed E-state index contributed by atoms with van der Waals surface area (Å²) < 4.78 is 1.97. The predicted octanol–water partition coefficient (Wildman–Crippen LogP) is 4.12. The lowest BCUT2D eigenvalue weighted by molar-refractivity contribution is 0.173. The molecule has 0 N–H and O–H groups in total. The van der Waals surface area contributed by atoms with Gasteiger partial charge in [0.15, 0.2) is 5.16 Å². The first-order valence-electron chi connectivity index (χ1n) is 7.68. The van der Waals surface area contributed by atoms with Crippen molar-refractivity contribution in [2.75, 3.05) is 6.26 Å². The average molecular weight is 302 g/mol. The van der Waals surface area contributed by atoms with Gasteiger partial charge >= 0.3 is 0 Å². The summed E-state index contributed by atoms with van der Waals surface area (Å²) in [6.07, 6.45) is 5.55. The standard InChI is InChI=1S/C17H22N2OS/c1-11-7-6-10-15(12(11)2)19-16(20)13-8-4-5-9-14(13)18-17(19)21-3/h4-5,8-9,11-12,15H,6-7,10H2,1-3H3. The maximum absolute atomic E-state index is 13.0. The van der Waals surface area contributed by atoms with Crippen molar-refractivity contribution in [3.8, 4) is 0 Å². The van der Waals surface area contributed by atoms with E-state index in [1.807, 2.05) is 35.1 Å². The zero-order valence-corrected chi connectivity index (χ0v) is 13.7. The number of hydrogen-bond acceptors (Lipinski definition) is 3. The number of para-hydroxylation sites is 1. The fourth-order valence-electron chi connectivity index (χ4n) is 3.48. The Morgan fingerprint density at radius 2 is 2.00 bits per heavy atom. The molecule has 3 unspecified atom stereocenters. The number of hydrogen-bond donors (Lipinski definition) is 0. The number of rotatable bonds is 2. The maximum atomic E-state index is 13.0. The van der Waals surface area contributed by atoms with Crippen molar-refractivity contribution < 1.29 is 0 Å². The van der Waals surface area contributed by atoms with Gasteiger partial charge in [0.1, 0.15) is 0 Å². The highest BCUT2D eigenvalue weighted by Crippen LogP contribution is 2.38. The van der Waals surface area contributed by atoms with Gasteiger partial charge in [0.25, 0.3) is 5.56 Å². The van der Waals surface area contributed by atoms with Gasteiger partial charge in [-0.05, 0) is 36.6 Å². The lowest BCUT2D eigenvalue weighted by Crippen LogP contribution is -2.35. The second-order valence-electron chi connectivity index (χ2n) is 6.13. The Morgan fingerprint density at radius 1 is 1.24 bits per heavy atom. The van der Waals surface area contributed by atoms with Crippen LogP contribution in [0.3, 0.4) is 0 Å². The van der Waals surface area contributed by atoms with E-state index in [0.717, 1.165) is 22.5 Å².